The van der Waals surface area contributed by atoms with Gasteiger partial charge in [-0.25, -0.2) is 4.79 Å². The largest absolute Gasteiger partial charge is 0.493 e. The molecule has 0 spiro atoms. The van der Waals surface area contributed by atoms with Crippen molar-refractivity contribution in [2.75, 3.05) is 45.0 Å². The molecule has 2 rings (SSSR count). The van der Waals surface area contributed by atoms with Gasteiger partial charge in [0.1, 0.15) is 12.0 Å². The lowest BCUT2D eigenvalue weighted by Crippen LogP contribution is -2.39. The maximum atomic E-state index is 11.6. The highest BCUT2D eigenvalue weighted by Crippen LogP contribution is 2.30. The Labute approximate surface area is 196 Å². The number of hydrogen-bond acceptors (Lipinski definition) is 6. The second kappa shape index (κ2) is 17.2. The number of rotatable bonds is 14. The third-order valence-electron chi connectivity index (χ3n) is 4.77. The number of unbranched alkanes of at least 4 members (excludes halogenated alkanes) is 2. The SMILES string of the molecule is CNC(=O)N(CC=O)CCCCCSNCc1ccc(C)c(OCC2CC2)c1.CSC. The van der Waals surface area contributed by atoms with Crippen LogP contribution in [0, 0.1) is 12.8 Å². The van der Waals surface area contributed by atoms with Gasteiger partial charge in [-0.2, -0.15) is 11.8 Å². The summed E-state index contributed by atoms with van der Waals surface area (Å²) in [6, 6.07) is 6.22. The van der Waals surface area contributed by atoms with Gasteiger partial charge in [-0.1, -0.05) is 30.5 Å². The predicted octanol–water partition coefficient (Wildman–Crippen LogP) is 4.51. The van der Waals surface area contributed by atoms with E-state index in [0.717, 1.165) is 56.1 Å². The molecule has 8 heteroatoms. The highest BCUT2D eigenvalue weighted by atomic mass is 32.2. The highest BCUT2D eigenvalue weighted by molar-refractivity contribution is 7.97. The zero-order valence-corrected chi connectivity index (χ0v) is 21.1. The van der Waals surface area contributed by atoms with Crippen LogP contribution in [0.25, 0.3) is 0 Å². The minimum absolute atomic E-state index is 0.152. The summed E-state index contributed by atoms with van der Waals surface area (Å²) in [5, 5.41) is 2.56. The van der Waals surface area contributed by atoms with Gasteiger partial charge >= 0.3 is 6.03 Å². The first-order valence-electron chi connectivity index (χ1n) is 10.9. The van der Waals surface area contributed by atoms with Gasteiger partial charge in [0.25, 0.3) is 0 Å². The van der Waals surface area contributed by atoms with Crippen molar-refractivity contribution in [1.82, 2.24) is 14.9 Å². The first-order valence-corrected chi connectivity index (χ1v) is 13.5. The van der Waals surface area contributed by atoms with Gasteiger partial charge in [0, 0.05) is 25.9 Å². The van der Waals surface area contributed by atoms with Crippen molar-refractivity contribution in [3.63, 3.8) is 0 Å². The van der Waals surface area contributed by atoms with Crippen molar-refractivity contribution in [3.05, 3.63) is 29.3 Å². The Bertz CT molecular complexity index is 642. The summed E-state index contributed by atoms with van der Waals surface area (Å²) < 4.78 is 9.36. The number of urea groups is 1. The molecule has 31 heavy (non-hydrogen) atoms. The van der Waals surface area contributed by atoms with Crippen LogP contribution in [-0.4, -0.2) is 62.2 Å². The number of hydrogen-bond donors (Lipinski definition) is 2. The van der Waals surface area contributed by atoms with Crippen LogP contribution in [0.1, 0.15) is 43.2 Å². The number of benzene rings is 1. The summed E-state index contributed by atoms with van der Waals surface area (Å²) in [7, 11) is 1.58. The van der Waals surface area contributed by atoms with Crippen LogP contribution in [0.2, 0.25) is 0 Å². The fourth-order valence-corrected chi connectivity index (χ4v) is 3.55. The van der Waals surface area contributed by atoms with Gasteiger partial charge in [-0.05, 0) is 68.2 Å². The lowest BCUT2D eigenvalue weighted by Gasteiger charge is -2.19. The third-order valence-corrected chi connectivity index (χ3v) is 5.61. The van der Waals surface area contributed by atoms with Gasteiger partial charge in [0.15, 0.2) is 0 Å². The number of ether oxygens (including phenoxy) is 1. The van der Waals surface area contributed by atoms with E-state index in [-0.39, 0.29) is 12.6 Å². The molecular weight excluding hydrogens is 430 g/mol. The van der Waals surface area contributed by atoms with E-state index >= 15 is 0 Å². The summed E-state index contributed by atoms with van der Waals surface area (Å²) >= 11 is 3.48. The number of aldehydes is 1. The van der Waals surface area contributed by atoms with Gasteiger partial charge in [-0.3, -0.25) is 4.72 Å². The van der Waals surface area contributed by atoms with Crippen LogP contribution < -0.4 is 14.8 Å². The van der Waals surface area contributed by atoms with Crippen LogP contribution in [0.5, 0.6) is 5.75 Å². The maximum absolute atomic E-state index is 11.6. The molecule has 0 atom stereocenters. The van der Waals surface area contributed by atoms with Crippen LogP contribution in [0.3, 0.4) is 0 Å². The molecule has 1 aliphatic carbocycles. The standard InChI is InChI=1S/C21H33N3O3S.C2H6S/c1-17-6-7-19(14-20(17)27-16-18-8-9-18)15-23-28-13-5-3-4-10-24(11-12-25)21(26)22-2;1-3-2/h6-7,12,14,18,23H,3-5,8-11,13,15-16H2,1-2H3,(H,22,26);1-2H3. The van der Waals surface area contributed by atoms with Crippen LogP contribution >= 0.6 is 23.7 Å². The summed E-state index contributed by atoms with van der Waals surface area (Å²) in [6.07, 6.45) is 10.5. The molecule has 0 saturated heterocycles. The quantitative estimate of drug-likeness (QED) is 0.237. The lowest BCUT2D eigenvalue weighted by molar-refractivity contribution is -0.108. The summed E-state index contributed by atoms with van der Waals surface area (Å²) in [6.45, 7) is 4.52. The van der Waals surface area contributed by atoms with Gasteiger partial charge in [0.05, 0.1) is 13.2 Å². The molecule has 0 aliphatic heterocycles. The number of aryl methyl sites for hydroxylation is 1. The van der Waals surface area contributed by atoms with E-state index in [1.807, 2.05) is 12.5 Å². The molecule has 1 fully saturated rings. The maximum Gasteiger partial charge on any atom is 0.317 e. The average molecular weight is 470 g/mol. The highest BCUT2D eigenvalue weighted by Gasteiger charge is 2.22. The minimum Gasteiger partial charge on any atom is -0.493 e. The molecule has 176 valence electrons. The summed E-state index contributed by atoms with van der Waals surface area (Å²) in [5.74, 6) is 2.79. The molecular formula is C23H39N3O3S2. The summed E-state index contributed by atoms with van der Waals surface area (Å²) in [5.41, 5.74) is 2.43. The van der Waals surface area contributed by atoms with Gasteiger partial charge in [-0.15, -0.1) is 0 Å². The zero-order chi connectivity index (χ0) is 22.9. The Balaban J connectivity index is 0.00000151. The Kier molecular flexibility index (Phi) is 15.4. The second-order valence-corrected chi connectivity index (χ2v) is 9.46. The number of carbonyl (C=O) groups excluding carboxylic acids is 2. The number of thioether (sulfide) groups is 1. The van der Waals surface area contributed by atoms with Gasteiger partial charge in [0.2, 0.25) is 0 Å². The van der Waals surface area contributed by atoms with E-state index in [0.29, 0.717) is 6.54 Å². The molecule has 1 aromatic rings. The number of amides is 2. The van der Waals surface area contributed by atoms with E-state index in [1.165, 1.54) is 24.0 Å². The van der Waals surface area contributed by atoms with E-state index in [9.17, 15) is 9.59 Å². The molecule has 1 saturated carbocycles. The predicted molar refractivity (Wildman–Crippen MR) is 134 cm³/mol. The molecule has 6 nitrogen and oxygen atoms in total. The molecule has 0 unspecified atom stereocenters. The van der Waals surface area contributed by atoms with E-state index in [1.54, 1.807) is 35.7 Å². The Morgan fingerprint density at radius 2 is 2.00 bits per heavy atom. The fourth-order valence-electron chi connectivity index (χ4n) is 2.79. The molecule has 2 N–H and O–H groups in total. The fraction of sp³-hybridized carbons (Fsp3) is 0.652. The molecule has 1 aromatic carbocycles. The molecule has 1 aliphatic rings. The molecule has 0 aromatic heterocycles. The van der Waals surface area contributed by atoms with E-state index < -0.39 is 0 Å². The summed E-state index contributed by atoms with van der Waals surface area (Å²) in [4.78, 5) is 23.8. The smallest absolute Gasteiger partial charge is 0.317 e. The van der Waals surface area contributed by atoms with Crippen molar-refractivity contribution in [2.24, 2.45) is 5.92 Å². The molecule has 2 amide bonds. The van der Waals surface area contributed by atoms with Crippen LogP contribution in [0.15, 0.2) is 18.2 Å². The lowest BCUT2D eigenvalue weighted by atomic mass is 10.1. The van der Waals surface area contributed by atoms with E-state index in [4.69, 9.17) is 4.74 Å². The van der Waals surface area contributed by atoms with Crippen molar-refractivity contribution < 1.29 is 14.3 Å². The normalized spacial score (nSPS) is 12.5. The molecule has 0 heterocycles. The number of carbonyl (C=O) groups is 2. The van der Waals surface area contributed by atoms with E-state index in [2.05, 4.69) is 35.2 Å². The Hall–Kier alpha value is -1.38. The zero-order valence-electron chi connectivity index (χ0n) is 19.4. The average Bonchev–Trinajstić information content (AvgIpc) is 3.59. The van der Waals surface area contributed by atoms with Crippen molar-refractivity contribution in [3.8, 4) is 5.75 Å². The second-order valence-electron chi connectivity index (χ2n) is 7.66. The van der Waals surface area contributed by atoms with Crippen LogP contribution in [-0.2, 0) is 11.3 Å². The number of nitrogens with zero attached hydrogens (tertiary/aromatic N) is 1. The minimum atomic E-state index is -0.193. The Morgan fingerprint density at radius 3 is 2.65 bits per heavy atom. The van der Waals surface area contributed by atoms with Crippen molar-refractivity contribution in [1.29, 1.82) is 0 Å². The molecule has 0 bridgehead atoms. The van der Waals surface area contributed by atoms with Crippen LogP contribution in [0.4, 0.5) is 4.79 Å². The third kappa shape index (κ3) is 12.9. The first-order chi connectivity index (χ1) is 15.0. The molecule has 0 radical (unpaired) electrons. The van der Waals surface area contributed by atoms with Crippen molar-refractivity contribution in [2.45, 2.75) is 45.6 Å². The van der Waals surface area contributed by atoms with Gasteiger partial charge < -0.3 is 19.7 Å². The monoisotopic (exact) mass is 469 g/mol. The Morgan fingerprint density at radius 1 is 1.26 bits per heavy atom. The number of nitrogens with one attached hydrogen (secondary N) is 2. The van der Waals surface area contributed by atoms with Crippen molar-refractivity contribution >= 4 is 36.0 Å². The first kappa shape index (κ1) is 27.7. The topological polar surface area (TPSA) is 70.7 Å².